The predicted molar refractivity (Wildman–Crippen MR) is 59.0 cm³/mol. The van der Waals surface area contributed by atoms with E-state index >= 15 is 0 Å². The van der Waals surface area contributed by atoms with Gasteiger partial charge in [0, 0.05) is 5.56 Å². The minimum atomic E-state index is 0.572. The van der Waals surface area contributed by atoms with Crippen molar-refractivity contribution >= 4 is 11.6 Å². The smallest absolute Gasteiger partial charge is 0.119 e. The van der Waals surface area contributed by atoms with E-state index in [9.17, 15) is 0 Å². The monoisotopic (exact) mass is 220 g/mol. The van der Waals surface area contributed by atoms with E-state index in [-0.39, 0.29) is 0 Å². The number of ether oxygens (including phenoxy) is 1. The van der Waals surface area contributed by atoms with Gasteiger partial charge in [0.1, 0.15) is 5.75 Å². The normalized spacial score (nSPS) is 10.0. The predicted octanol–water partition coefficient (Wildman–Crippen LogP) is 2.81. The van der Waals surface area contributed by atoms with Crippen LogP contribution < -0.4 is 4.74 Å². The highest BCUT2D eigenvalue weighted by atomic mass is 35.5. The molecule has 0 fully saturated rings. The van der Waals surface area contributed by atoms with Crippen LogP contribution in [-0.2, 0) is 0 Å². The lowest BCUT2D eigenvalue weighted by Gasteiger charge is -2.03. The van der Waals surface area contributed by atoms with E-state index in [0.717, 1.165) is 17.0 Å². The molecule has 0 aliphatic rings. The van der Waals surface area contributed by atoms with Crippen LogP contribution in [0.2, 0.25) is 5.02 Å². The molecule has 1 heterocycles. The Morgan fingerprint density at radius 1 is 1.27 bits per heavy atom. The maximum absolute atomic E-state index is 5.83. The second-order valence-electron chi connectivity index (χ2n) is 2.99. The first-order chi connectivity index (χ1) is 7.29. The van der Waals surface area contributed by atoms with Crippen LogP contribution in [0.1, 0.15) is 0 Å². The Morgan fingerprint density at radius 2 is 2.13 bits per heavy atom. The van der Waals surface area contributed by atoms with Gasteiger partial charge in [0.2, 0.25) is 0 Å². The Morgan fingerprint density at radius 3 is 2.87 bits per heavy atom. The summed E-state index contributed by atoms with van der Waals surface area (Å²) >= 11 is 5.83. The maximum atomic E-state index is 5.83. The molecular formula is C11H9ClN2O. The average molecular weight is 221 g/mol. The van der Waals surface area contributed by atoms with Gasteiger partial charge >= 0.3 is 0 Å². The Hall–Kier alpha value is -1.61. The topological polar surface area (TPSA) is 35.0 Å². The molecule has 4 heteroatoms. The van der Waals surface area contributed by atoms with E-state index in [1.54, 1.807) is 13.2 Å². The Labute approximate surface area is 92.7 Å². The van der Waals surface area contributed by atoms with Gasteiger partial charge in [-0.3, -0.25) is 0 Å². The standard InChI is InChI=1S/C11H9ClN2O/c1-15-10-4-2-3-8(5-10)11-6-9(12)7-13-14-11/h2-7H,1H3. The van der Waals surface area contributed by atoms with Crippen molar-refractivity contribution in [1.29, 1.82) is 0 Å². The molecule has 0 aliphatic heterocycles. The van der Waals surface area contributed by atoms with Crippen LogP contribution in [0.3, 0.4) is 0 Å². The third kappa shape index (κ3) is 2.25. The van der Waals surface area contributed by atoms with E-state index in [1.165, 1.54) is 6.20 Å². The first-order valence-electron chi connectivity index (χ1n) is 4.42. The summed E-state index contributed by atoms with van der Waals surface area (Å²) in [5, 5.41) is 8.36. The van der Waals surface area contributed by atoms with Crippen molar-refractivity contribution in [3.63, 3.8) is 0 Å². The molecule has 0 saturated heterocycles. The number of benzene rings is 1. The number of nitrogens with zero attached hydrogens (tertiary/aromatic N) is 2. The fourth-order valence-electron chi connectivity index (χ4n) is 1.27. The van der Waals surface area contributed by atoms with Gasteiger partial charge in [0.15, 0.2) is 0 Å². The van der Waals surface area contributed by atoms with Crippen LogP contribution in [0.4, 0.5) is 0 Å². The summed E-state index contributed by atoms with van der Waals surface area (Å²) in [6.07, 6.45) is 1.51. The van der Waals surface area contributed by atoms with Crippen LogP contribution in [0.15, 0.2) is 36.5 Å². The first-order valence-corrected chi connectivity index (χ1v) is 4.80. The van der Waals surface area contributed by atoms with E-state index in [2.05, 4.69) is 10.2 Å². The second kappa shape index (κ2) is 4.28. The maximum Gasteiger partial charge on any atom is 0.119 e. The minimum absolute atomic E-state index is 0.572. The van der Waals surface area contributed by atoms with Crippen molar-refractivity contribution in [1.82, 2.24) is 10.2 Å². The molecule has 2 aromatic rings. The van der Waals surface area contributed by atoms with Gasteiger partial charge in [-0.15, -0.1) is 0 Å². The van der Waals surface area contributed by atoms with Crippen molar-refractivity contribution in [3.05, 3.63) is 41.6 Å². The summed E-state index contributed by atoms with van der Waals surface area (Å²) < 4.78 is 5.13. The van der Waals surface area contributed by atoms with Gasteiger partial charge in [0.25, 0.3) is 0 Å². The van der Waals surface area contributed by atoms with Gasteiger partial charge in [-0.05, 0) is 18.2 Å². The Balaban J connectivity index is 2.44. The van der Waals surface area contributed by atoms with E-state index in [0.29, 0.717) is 5.02 Å². The van der Waals surface area contributed by atoms with Gasteiger partial charge in [-0.2, -0.15) is 10.2 Å². The van der Waals surface area contributed by atoms with Gasteiger partial charge in [-0.25, -0.2) is 0 Å². The van der Waals surface area contributed by atoms with Crippen LogP contribution >= 0.6 is 11.6 Å². The SMILES string of the molecule is COc1cccc(-c2cc(Cl)cnn2)c1. The largest absolute Gasteiger partial charge is 0.497 e. The van der Waals surface area contributed by atoms with Crippen LogP contribution in [0.25, 0.3) is 11.3 Å². The molecule has 1 aromatic heterocycles. The molecule has 0 saturated carbocycles. The fraction of sp³-hybridized carbons (Fsp3) is 0.0909. The van der Waals surface area contributed by atoms with Crippen molar-refractivity contribution in [3.8, 4) is 17.0 Å². The zero-order valence-electron chi connectivity index (χ0n) is 8.14. The highest BCUT2D eigenvalue weighted by Gasteiger charge is 2.02. The first kappa shape index (κ1) is 9.93. The molecule has 0 amide bonds. The quantitative estimate of drug-likeness (QED) is 0.781. The Kier molecular flexibility index (Phi) is 2.83. The van der Waals surface area contributed by atoms with Crippen molar-refractivity contribution in [2.75, 3.05) is 7.11 Å². The summed E-state index contributed by atoms with van der Waals surface area (Å²) in [6.45, 7) is 0. The van der Waals surface area contributed by atoms with E-state index in [4.69, 9.17) is 16.3 Å². The minimum Gasteiger partial charge on any atom is -0.497 e. The number of aromatic nitrogens is 2. The molecule has 0 bridgehead atoms. The van der Waals surface area contributed by atoms with E-state index < -0.39 is 0 Å². The molecule has 0 atom stereocenters. The second-order valence-corrected chi connectivity index (χ2v) is 3.43. The average Bonchev–Trinajstić information content (AvgIpc) is 2.29. The number of halogens is 1. The fourth-order valence-corrected chi connectivity index (χ4v) is 1.41. The number of hydrogen-bond donors (Lipinski definition) is 0. The van der Waals surface area contributed by atoms with Gasteiger partial charge in [-0.1, -0.05) is 23.7 Å². The molecular weight excluding hydrogens is 212 g/mol. The van der Waals surface area contributed by atoms with E-state index in [1.807, 2.05) is 24.3 Å². The molecule has 2 rings (SSSR count). The summed E-state index contributed by atoms with van der Waals surface area (Å²) in [4.78, 5) is 0. The molecule has 76 valence electrons. The molecule has 0 unspecified atom stereocenters. The molecule has 0 radical (unpaired) electrons. The van der Waals surface area contributed by atoms with Gasteiger partial charge in [0.05, 0.1) is 24.0 Å². The number of hydrogen-bond acceptors (Lipinski definition) is 3. The molecule has 1 aromatic carbocycles. The number of rotatable bonds is 2. The zero-order valence-corrected chi connectivity index (χ0v) is 8.90. The summed E-state index contributed by atoms with van der Waals surface area (Å²) in [7, 11) is 1.63. The van der Waals surface area contributed by atoms with Crippen LogP contribution in [-0.4, -0.2) is 17.3 Å². The van der Waals surface area contributed by atoms with Crippen molar-refractivity contribution < 1.29 is 4.74 Å². The highest BCUT2D eigenvalue weighted by Crippen LogP contribution is 2.23. The zero-order chi connectivity index (χ0) is 10.7. The molecule has 0 N–H and O–H groups in total. The number of methoxy groups -OCH3 is 1. The van der Waals surface area contributed by atoms with Crippen LogP contribution in [0.5, 0.6) is 5.75 Å². The van der Waals surface area contributed by atoms with Crippen molar-refractivity contribution in [2.45, 2.75) is 0 Å². The molecule has 15 heavy (non-hydrogen) atoms. The van der Waals surface area contributed by atoms with Crippen LogP contribution in [0, 0.1) is 0 Å². The summed E-state index contributed by atoms with van der Waals surface area (Å²) in [5.74, 6) is 0.786. The lowest BCUT2D eigenvalue weighted by molar-refractivity contribution is 0.415. The molecule has 3 nitrogen and oxygen atoms in total. The third-order valence-electron chi connectivity index (χ3n) is 1.99. The molecule has 0 aliphatic carbocycles. The highest BCUT2D eigenvalue weighted by molar-refractivity contribution is 6.30. The lowest BCUT2D eigenvalue weighted by Crippen LogP contribution is -1.88. The summed E-state index contributed by atoms with van der Waals surface area (Å²) in [6, 6.07) is 9.37. The Bertz CT molecular complexity index is 474. The summed E-state index contributed by atoms with van der Waals surface area (Å²) in [5.41, 5.74) is 1.67. The molecule has 0 spiro atoms. The van der Waals surface area contributed by atoms with Crippen molar-refractivity contribution in [2.24, 2.45) is 0 Å². The van der Waals surface area contributed by atoms with Gasteiger partial charge < -0.3 is 4.74 Å². The third-order valence-corrected chi connectivity index (χ3v) is 2.19. The lowest BCUT2D eigenvalue weighted by atomic mass is 10.1.